The number of amides is 1. The Morgan fingerprint density at radius 3 is 2.43 bits per heavy atom. The summed E-state index contributed by atoms with van der Waals surface area (Å²) in [5.41, 5.74) is 2.01. The van der Waals surface area contributed by atoms with Crippen molar-refractivity contribution in [3.05, 3.63) is 71.7 Å². The summed E-state index contributed by atoms with van der Waals surface area (Å²) in [6.45, 7) is 0.385. The molecule has 3 rings (SSSR count). The number of nitrogens with two attached hydrogens (primary N) is 1. The first-order valence-corrected chi connectivity index (χ1v) is 9.96. The van der Waals surface area contributed by atoms with Crippen molar-refractivity contribution in [2.75, 3.05) is 6.54 Å². The lowest BCUT2D eigenvalue weighted by atomic mass is 10.1. The number of rotatable bonds is 7. The summed E-state index contributed by atoms with van der Waals surface area (Å²) in [6.07, 6.45) is 0.589. The Morgan fingerprint density at radius 1 is 1.11 bits per heavy atom. The van der Waals surface area contributed by atoms with Crippen LogP contribution in [0.3, 0.4) is 0 Å². The predicted molar refractivity (Wildman–Crippen MR) is 100 cm³/mol. The molecule has 0 fully saturated rings. The molecule has 28 heavy (non-hydrogen) atoms. The van der Waals surface area contributed by atoms with Crippen LogP contribution in [-0.2, 0) is 27.7 Å². The van der Waals surface area contributed by atoms with E-state index < -0.39 is 10.0 Å². The van der Waals surface area contributed by atoms with E-state index in [9.17, 15) is 17.6 Å². The first kappa shape index (κ1) is 19.7. The highest BCUT2D eigenvalue weighted by atomic mass is 32.2. The fraction of sp³-hybridized carbons (Fsp3) is 0.158. The summed E-state index contributed by atoms with van der Waals surface area (Å²) < 4.78 is 40.6. The van der Waals surface area contributed by atoms with Gasteiger partial charge >= 0.3 is 0 Å². The summed E-state index contributed by atoms with van der Waals surface area (Å²) in [6, 6.07) is 13.6. The third-order valence-corrected chi connectivity index (χ3v) is 4.95. The van der Waals surface area contributed by atoms with E-state index >= 15 is 0 Å². The van der Waals surface area contributed by atoms with Crippen LogP contribution in [-0.4, -0.2) is 26.0 Å². The largest absolute Gasteiger partial charge is 0.356 e. The van der Waals surface area contributed by atoms with Gasteiger partial charge < -0.3 is 9.84 Å². The van der Waals surface area contributed by atoms with Crippen LogP contribution in [0, 0.1) is 5.82 Å². The van der Waals surface area contributed by atoms with Gasteiger partial charge in [-0.1, -0.05) is 17.3 Å². The Hall–Kier alpha value is -3.04. The van der Waals surface area contributed by atoms with Gasteiger partial charge in [0.1, 0.15) is 5.82 Å². The van der Waals surface area contributed by atoms with Crippen LogP contribution in [0.4, 0.5) is 4.39 Å². The quantitative estimate of drug-likeness (QED) is 0.626. The molecule has 0 aliphatic carbocycles. The molecule has 1 heterocycles. The van der Waals surface area contributed by atoms with Crippen LogP contribution in [0.2, 0.25) is 0 Å². The standard InChI is InChI=1S/C19H18FN3O4S/c20-15-5-3-14(4-6-15)18-11-16(23-27-18)12-19(24)22-10-9-13-1-7-17(8-2-13)28(21,25)26/h1-8,11H,9-10,12H2,(H,22,24)(H2,21,25,26). The number of hydrogen-bond acceptors (Lipinski definition) is 5. The molecule has 0 saturated heterocycles. The first-order valence-electron chi connectivity index (χ1n) is 8.41. The molecule has 0 unspecified atom stereocenters. The number of nitrogens with one attached hydrogen (secondary N) is 1. The molecule has 1 amide bonds. The Kier molecular flexibility index (Phi) is 5.86. The van der Waals surface area contributed by atoms with Crippen molar-refractivity contribution >= 4 is 15.9 Å². The molecular formula is C19H18FN3O4S. The summed E-state index contributed by atoms with van der Waals surface area (Å²) in [5, 5.41) is 11.7. The molecular weight excluding hydrogens is 385 g/mol. The van der Waals surface area contributed by atoms with Crippen LogP contribution >= 0.6 is 0 Å². The van der Waals surface area contributed by atoms with Crippen LogP contribution in [0.25, 0.3) is 11.3 Å². The molecule has 0 saturated carbocycles. The van der Waals surface area contributed by atoms with Crippen molar-refractivity contribution in [1.29, 1.82) is 0 Å². The molecule has 146 valence electrons. The number of benzene rings is 2. The molecule has 0 aliphatic heterocycles. The van der Waals surface area contributed by atoms with E-state index in [1.165, 1.54) is 24.3 Å². The number of sulfonamides is 1. The van der Waals surface area contributed by atoms with Gasteiger partial charge in [0.15, 0.2) is 5.76 Å². The number of aromatic nitrogens is 1. The van der Waals surface area contributed by atoms with Gasteiger partial charge in [0.25, 0.3) is 0 Å². The molecule has 2 aromatic carbocycles. The molecule has 3 N–H and O–H groups in total. The average Bonchev–Trinajstić information content (AvgIpc) is 3.10. The van der Waals surface area contributed by atoms with E-state index in [-0.39, 0.29) is 23.0 Å². The molecule has 0 bridgehead atoms. The summed E-state index contributed by atoms with van der Waals surface area (Å²) in [4.78, 5) is 12.1. The van der Waals surface area contributed by atoms with E-state index in [0.29, 0.717) is 30.0 Å². The number of primary sulfonamides is 1. The number of halogens is 1. The van der Waals surface area contributed by atoms with E-state index in [4.69, 9.17) is 9.66 Å². The third kappa shape index (κ3) is 5.24. The van der Waals surface area contributed by atoms with E-state index in [0.717, 1.165) is 5.56 Å². The highest BCUT2D eigenvalue weighted by molar-refractivity contribution is 7.89. The zero-order valence-corrected chi connectivity index (χ0v) is 15.6. The monoisotopic (exact) mass is 403 g/mol. The smallest absolute Gasteiger partial charge is 0.238 e. The Labute approximate surface area is 161 Å². The number of carbonyl (C=O) groups excluding carboxylic acids is 1. The maximum absolute atomic E-state index is 13.0. The van der Waals surface area contributed by atoms with Gasteiger partial charge in [-0.15, -0.1) is 0 Å². The van der Waals surface area contributed by atoms with Crippen molar-refractivity contribution < 1.29 is 22.1 Å². The molecule has 9 heteroatoms. The number of carbonyl (C=O) groups is 1. The van der Waals surface area contributed by atoms with Crippen molar-refractivity contribution in [2.24, 2.45) is 5.14 Å². The zero-order chi connectivity index (χ0) is 20.1. The average molecular weight is 403 g/mol. The summed E-state index contributed by atoms with van der Waals surface area (Å²) in [7, 11) is -3.71. The van der Waals surface area contributed by atoms with Crippen molar-refractivity contribution in [3.63, 3.8) is 0 Å². The second kappa shape index (κ2) is 8.32. The lowest BCUT2D eigenvalue weighted by Crippen LogP contribution is -2.27. The Bertz CT molecular complexity index is 1060. The maximum Gasteiger partial charge on any atom is 0.238 e. The van der Waals surface area contributed by atoms with Gasteiger partial charge in [-0.05, 0) is 48.4 Å². The fourth-order valence-corrected chi connectivity index (χ4v) is 3.08. The molecule has 0 atom stereocenters. The fourth-order valence-electron chi connectivity index (χ4n) is 2.56. The second-order valence-electron chi connectivity index (χ2n) is 6.16. The lowest BCUT2D eigenvalue weighted by Gasteiger charge is -2.05. The van der Waals surface area contributed by atoms with Crippen LogP contribution in [0.5, 0.6) is 0 Å². The minimum atomic E-state index is -3.71. The van der Waals surface area contributed by atoms with Gasteiger partial charge in [-0.25, -0.2) is 17.9 Å². The van der Waals surface area contributed by atoms with Gasteiger partial charge in [-0.3, -0.25) is 4.79 Å². The van der Waals surface area contributed by atoms with Crippen LogP contribution in [0.1, 0.15) is 11.3 Å². The van der Waals surface area contributed by atoms with Gasteiger partial charge in [-0.2, -0.15) is 0 Å². The molecule has 0 radical (unpaired) electrons. The first-order chi connectivity index (χ1) is 13.3. The van der Waals surface area contributed by atoms with Gasteiger partial charge in [0.2, 0.25) is 15.9 Å². The molecule has 0 spiro atoms. The van der Waals surface area contributed by atoms with E-state index in [1.807, 2.05) is 0 Å². The molecule has 3 aromatic rings. The normalized spacial score (nSPS) is 11.4. The second-order valence-corrected chi connectivity index (χ2v) is 7.72. The van der Waals surface area contributed by atoms with E-state index in [2.05, 4.69) is 10.5 Å². The number of nitrogens with zero attached hydrogens (tertiary/aromatic N) is 1. The topological polar surface area (TPSA) is 115 Å². The highest BCUT2D eigenvalue weighted by Crippen LogP contribution is 2.20. The SMILES string of the molecule is NS(=O)(=O)c1ccc(CCNC(=O)Cc2cc(-c3ccc(F)cc3)on2)cc1. The third-order valence-electron chi connectivity index (χ3n) is 4.02. The molecule has 7 nitrogen and oxygen atoms in total. The van der Waals surface area contributed by atoms with E-state index in [1.54, 1.807) is 30.3 Å². The van der Waals surface area contributed by atoms with Gasteiger partial charge in [0.05, 0.1) is 17.0 Å². The van der Waals surface area contributed by atoms with Crippen molar-refractivity contribution in [2.45, 2.75) is 17.7 Å². The Balaban J connectivity index is 1.49. The molecule has 0 aliphatic rings. The lowest BCUT2D eigenvalue weighted by molar-refractivity contribution is -0.120. The van der Waals surface area contributed by atoms with Crippen molar-refractivity contribution in [1.82, 2.24) is 10.5 Å². The minimum Gasteiger partial charge on any atom is -0.356 e. The van der Waals surface area contributed by atoms with Crippen LogP contribution < -0.4 is 10.5 Å². The molecule has 1 aromatic heterocycles. The number of hydrogen-bond donors (Lipinski definition) is 2. The summed E-state index contributed by atoms with van der Waals surface area (Å²) in [5.74, 6) is -0.111. The summed E-state index contributed by atoms with van der Waals surface area (Å²) >= 11 is 0. The predicted octanol–water partition coefficient (Wildman–Crippen LogP) is 2.03. The minimum absolute atomic E-state index is 0.0447. The highest BCUT2D eigenvalue weighted by Gasteiger charge is 2.11. The van der Waals surface area contributed by atoms with Crippen LogP contribution in [0.15, 0.2) is 64.0 Å². The van der Waals surface area contributed by atoms with Gasteiger partial charge in [0, 0.05) is 18.2 Å². The maximum atomic E-state index is 13.0. The Morgan fingerprint density at radius 2 is 1.79 bits per heavy atom. The van der Waals surface area contributed by atoms with Crippen molar-refractivity contribution in [3.8, 4) is 11.3 Å². The zero-order valence-electron chi connectivity index (χ0n) is 14.8.